The highest BCUT2D eigenvalue weighted by atomic mass is 35.5. The number of aryl methyl sites for hydroxylation is 1. The van der Waals surface area contributed by atoms with Gasteiger partial charge in [-0.1, -0.05) is 18.5 Å². The molecule has 3 nitrogen and oxygen atoms in total. The maximum absolute atomic E-state index is 12.4. The fraction of sp³-hybridized carbons (Fsp3) is 0.562. The first-order valence-electron chi connectivity index (χ1n) is 7.19. The van der Waals surface area contributed by atoms with Crippen molar-refractivity contribution in [3.63, 3.8) is 0 Å². The van der Waals surface area contributed by atoms with Crippen molar-refractivity contribution in [3.05, 3.63) is 28.8 Å². The molecule has 1 aliphatic heterocycles. The van der Waals surface area contributed by atoms with E-state index >= 15 is 0 Å². The number of halogens is 1. The first kappa shape index (κ1) is 15.2. The number of hydrogen-bond acceptors (Lipinski definition) is 2. The van der Waals surface area contributed by atoms with Gasteiger partial charge in [0.25, 0.3) is 5.91 Å². The van der Waals surface area contributed by atoms with Gasteiger partial charge in [0, 0.05) is 18.1 Å². The molecule has 0 spiro atoms. The van der Waals surface area contributed by atoms with E-state index in [1.807, 2.05) is 24.8 Å². The van der Waals surface area contributed by atoms with Crippen LogP contribution in [0.3, 0.4) is 0 Å². The summed E-state index contributed by atoms with van der Waals surface area (Å²) in [6.45, 7) is 7.61. The third-order valence-electron chi connectivity index (χ3n) is 3.76. The second-order valence-corrected chi connectivity index (χ2v) is 6.11. The normalized spacial score (nSPS) is 20.6. The Hall–Kier alpha value is -1.22. The monoisotopic (exact) mass is 295 g/mol. The van der Waals surface area contributed by atoms with E-state index in [9.17, 15) is 4.79 Å². The molecule has 1 saturated heterocycles. The van der Waals surface area contributed by atoms with Crippen LogP contribution in [0.5, 0.6) is 5.75 Å². The van der Waals surface area contributed by atoms with Crippen molar-refractivity contribution >= 4 is 17.5 Å². The molecule has 2 atom stereocenters. The second-order valence-electron chi connectivity index (χ2n) is 5.70. The standard InChI is InChI=1S/C16H22ClNO2/c1-11-5-4-8-18(10-11)16(19)13(3)20-14-6-7-15(17)12(2)9-14/h6-7,9,11,13H,4-5,8,10H2,1-3H3/t11-,13-/m0/s1. The van der Waals surface area contributed by atoms with Crippen LogP contribution in [0.1, 0.15) is 32.3 Å². The Morgan fingerprint density at radius 2 is 2.25 bits per heavy atom. The zero-order valence-electron chi connectivity index (χ0n) is 12.4. The van der Waals surface area contributed by atoms with Crippen molar-refractivity contribution in [3.8, 4) is 5.75 Å². The summed E-state index contributed by atoms with van der Waals surface area (Å²) < 4.78 is 5.75. The fourth-order valence-corrected chi connectivity index (χ4v) is 2.71. The zero-order chi connectivity index (χ0) is 14.7. The van der Waals surface area contributed by atoms with E-state index in [0.717, 1.165) is 25.1 Å². The van der Waals surface area contributed by atoms with Crippen molar-refractivity contribution in [2.75, 3.05) is 13.1 Å². The van der Waals surface area contributed by atoms with Gasteiger partial charge in [0.15, 0.2) is 6.10 Å². The molecule has 0 aliphatic carbocycles. The second kappa shape index (κ2) is 6.49. The van der Waals surface area contributed by atoms with Gasteiger partial charge in [0.1, 0.15) is 5.75 Å². The van der Waals surface area contributed by atoms with Crippen LogP contribution in [-0.2, 0) is 4.79 Å². The molecule has 0 aromatic heterocycles. The number of likely N-dealkylation sites (tertiary alicyclic amines) is 1. The minimum atomic E-state index is -0.458. The minimum absolute atomic E-state index is 0.0733. The molecular formula is C16H22ClNO2. The van der Waals surface area contributed by atoms with Crippen LogP contribution in [0.15, 0.2) is 18.2 Å². The van der Waals surface area contributed by atoms with Gasteiger partial charge in [-0.05, 0) is 56.4 Å². The van der Waals surface area contributed by atoms with E-state index in [4.69, 9.17) is 16.3 Å². The summed E-state index contributed by atoms with van der Waals surface area (Å²) in [7, 11) is 0. The molecule has 4 heteroatoms. The number of carbonyl (C=O) groups excluding carboxylic acids is 1. The lowest BCUT2D eigenvalue weighted by atomic mass is 10.00. The van der Waals surface area contributed by atoms with Gasteiger partial charge in [0.2, 0.25) is 0 Å². The lowest BCUT2D eigenvalue weighted by Gasteiger charge is -2.32. The third kappa shape index (κ3) is 3.66. The molecular weight excluding hydrogens is 274 g/mol. The van der Waals surface area contributed by atoms with Crippen molar-refractivity contribution in [2.45, 2.75) is 39.7 Å². The van der Waals surface area contributed by atoms with Gasteiger partial charge in [-0.15, -0.1) is 0 Å². The molecule has 1 aromatic rings. The highest BCUT2D eigenvalue weighted by molar-refractivity contribution is 6.31. The molecule has 0 saturated carbocycles. The van der Waals surface area contributed by atoms with Crippen LogP contribution in [-0.4, -0.2) is 30.0 Å². The molecule has 0 bridgehead atoms. The minimum Gasteiger partial charge on any atom is -0.481 e. The van der Waals surface area contributed by atoms with Crippen LogP contribution in [0, 0.1) is 12.8 Å². The number of carbonyl (C=O) groups is 1. The first-order valence-corrected chi connectivity index (χ1v) is 7.56. The van der Waals surface area contributed by atoms with Gasteiger partial charge in [-0.3, -0.25) is 4.79 Å². The molecule has 1 amide bonds. The number of piperidine rings is 1. The lowest BCUT2D eigenvalue weighted by Crippen LogP contribution is -2.45. The zero-order valence-corrected chi connectivity index (χ0v) is 13.1. The average Bonchev–Trinajstić information content (AvgIpc) is 2.42. The van der Waals surface area contributed by atoms with Crippen LogP contribution in [0.4, 0.5) is 0 Å². The number of amides is 1. The Morgan fingerprint density at radius 3 is 2.90 bits per heavy atom. The maximum atomic E-state index is 12.4. The predicted molar refractivity (Wildman–Crippen MR) is 81.3 cm³/mol. The van der Waals surface area contributed by atoms with Crippen molar-refractivity contribution in [1.82, 2.24) is 4.90 Å². The first-order chi connectivity index (χ1) is 9.47. The molecule has 0 unspecified atom stereocenters. The topological polar surface area (TPSA) is 29.5 Å². The van der Waals surface area contributed by atoms with Crippen molar-refractivity contribution < 1.29 is 9.53 Å². The van der Waals surface area contributed by atoms with Gasteiger partial charge in [0.05, 0.1) is 0 Å². The lowest BCUT2D eigenvalue weighted by molar-refractivity contribution is -0.139. The summed E-state index contributed by atoms with van der Waals surface area (Å²) in [6.07, 6.45) is 1.83. The van der Waals surface area contributed by atoms with E-state index in [1.54, 1.807) is 12.1 Å². The molecule has 110 valence electrons. The molecule has 1 fully saturated rings. The maximum Gasteiger partial charge on any atom is 0.263 e. The molecule has 1 heterocycles. The van der Waals surface area contributed by atoms with Gasteiger partial charge in [-0.2, -0.15) is 0 Å². The Balaban J connectivity index is 1.98. The van der Waals surface area contributed by atoms with E-state index in [0.29, 0.717) is 16.7 Å². The number of benzene rings is 1. The van der Waals surface area contributed by atoms with E-state index in [1.165, 1.54) is 6.42 Å². The third-order valence-corrected chi connectivity index (χ3v) is 4.18. The van der Waals surface area contributed by atoms with Crippen LogP contribution >= 0.6 is 11.6 Å². The number of hydrogen-bond donors (Lipinski definition) is 0. The Morgan fingerprint density at radius 1 is 1.50 bits per heavy atom. The SMILES string of the molecule is Cc1cc(O[C@@H](C)C(=O)N2CCC[C@H](C)C2)ccc1Cl. The van der Waals surface area contributed by atoms with Crippen molar-refractivity contribution in [1.29, 1.82) is 0 Å². The summed E-state index contributed by atoms with van der Waals surface area (Å²) in [6, 6.07) is 5.47. The van der Waals surface area contributed by atoms with E-state index in [-0.39, 0.29) is 5.91 Å². The van der Waals surface area contributed by atoms with Gasteiger partial charge < -0.3 is 9.64 Å². The smallest absolute Gasteiger partial charge is 0.263 e. The summed E-state index contributed by atoms with van der Waals surface area (Å²) in [5.41, 5.74) is 0.954. The van der Waals surface area contributed by atoms with E-state index < -0.39 is 6.10 Å². The molecule has 1 aliphatic rings. The predicted octanol–water partition coefficient (Wildman–Crippen LogP) is 3.67. The molecule has 1 aromatic carbocycles. The number of rotatable bonds is 3. The van der Waals surface area contributed by atoms with Crippen LogP contribution < -0.4 is 4.74 Å². The Kier molecular flexibility index (Phi) is 4.92. The summed E-state index contributed by atoms with van der Waals surface area (Å²) in [5, 5.41) is 0.709. The molecule has 2 rings (SSSR count). The van der Waals surface area contributed by atoms with Crippen LogP contribution in [0.2, 0.25) is 5.02 Å². The fourth-order valence-electron chi connectivity index (χ4n) is 2.59. The highest BCUT2D eigenvalue weighted by Crippen LogP contribution is 2.23. The summed E-state index contributed by atoms with van der Waals surface area (Å²) in [4.78, 5) is 14.3. The molecule has 0 N–H and O–H groups in total. The quantitative estimate of drug-likeness (QED) is 0.851. The number of nitrogens with zero attached hydrogens (tertiary/aromatic N) is 1. The largest absolute Gasteiger partial charge is 0.481 e. The van der Waals surface area contributed by atoms with E-state index in [2.05, 4.69) is 6.92 Å². The number of ether oxygens (including phenoxy) is 1. The van der Waals surface area contributed by atoms with Gasteiger partial charge >= 0.3 is 0 Å². The Labute approximate surface area is 125 Å². The molecule has 0 radical (unpaired) electrons. The Bertz CT molecular complexity index is 489. The van der Waals surface area contributed by atoms with Crippen LogP contribution in [0.25, 0.3) is 0 Å². The summed E-state index contributed by atoms with van der Waals surface area (Å²) >= 11 is 5.99. The van der Waals surface area contributed by atoms with Gasteiger partial charge in [-0.25, -0.2) is 0 Å². The van der Waals surface area contributed by atoms with Crippen molar-refractivity contribution in [2.24, 2.45) is 5.92 Å². The highest BCUT2D eigenvalue weighted by Gasteiger charge is 2.26. The average molecular weight is 296 g/mol. The summed E-state index contributed by atoms with van der Waals surface area (Å²) in [5.74, 6) is 1.35. The molecule has 20 heavy (non-hydrogen) atoms.